The fourth-order valence-corrected chi connectivity index (χ4v) is 4.06. The highest BCUT2D eigenvalue weighted by Crippen LogP contribution is 2.28. The van der Waals surface area contributed by atoms with E-state index in [-0.39, 0.29) is 11.9 Å². The molecular formula is C23H35N3O3. The van der Waals surface area contributed by atoms with Crippen molar-refractivity contribution in [3.8, 4) is 0 Å². The highest BCUT2D eigenvalue weighted by atomic mass is 16.6. The maximum absolute atomic E-state index is 12.7. The number of nitrogens with zero attached hydrogens (tertiary/aromatic N) is 2. The van der Waals surface area contributed by atoms with Crippen LogP contribution in [-0.4, -0.2) is 54.6 Å². The SMILES string of the molecule is CC(=O)N1CCC(Nc2cc(C(=O)OC(C)(C)C)cc(N3CCCCC3)c2)CC1. The third-order valence-electron chi connectivity index (χ3n) is 5.58. The van der Waals surface area contributed by atoms with Crippen LogP contribution in [0.5, 0.6) is 0 Å². The van der Waals surface area contributed by atoms with Gasteiger partial charge < -0.3 is 19.9 Å². The molecule has 3 rings (SSSR count). The number of piperidine rings is 2. The van der Waals surface area contributed by atoms with Crippen molar-refractivity contribution in [3.63, 3.8) is 0 Å². The Hall–Kier alpha value is -2.24. The third kappa shape index (κ3) is 6.12. The topological polar surface area (TPSA) is 61.9 Å². The molecule has 0 bridgehead atoms. The minimum Gasteiger partial charge on any atom is -0.456 e. The van der Waals surface area contributed by atoms with Crippen LogP contribution in [0.15, 0.2) is 18.2 Å². The summed E-state index contributed by atoms with van der Waals surface area (Å²) < 4.78 is 5.62. The van der Waals surface area contributed by atoms with Crippen LogP contribution in [0.1, 0.15) is 70.2 Å². The van der Waals surface area contributed by atoms with Crippen LogP contribution in [0.25, 0.3) is 0 Å². The number of esters is 1. The van der Waals surface area contributed by atoms with Gasteiger partial charge in [0.05, 0.1) is 5.56 Å². The number of nitrogens with one attached hydrogen (secondary N) is 1. The summed E-state index contributed by atoms with van der Waals surface area (Å²) in [4.78, 5) is 28.6. The Morgan fingerprint density at radius 3 is 2.24 bits per heavy atom. The first-order valence-corrected chi connectivity index (χ1v) is 10.9. The fraction of sp³-hybridized carbons (Fsp3) is 0.652. The van der Waals surface area contributed by atoms with Crippen LogP contribution in [-0.2, 0) is 9.53 Å². The van der Waals surface area contributed by atoms with Crippen LogP contribution in [0.2, 0.25) is 0 Å². The Morgan fingerprint density at radius 1 is 1.00 bits per heavy atom. The molecule has 1 amide bonds. The number of carbonyl (C=O) groups excluding carboxylic acids is 2. The van der Waals surface area contributed by atoms with E-state index in [1.54, 1.807) is 6.92 Å². The summed E-state index contributed by atoms with van der Waals surface area (Å²) in [5, 5.41) is 3.61. The second-order valence-corrected chi connectivity index (χ2v) is 9.24. The predicted molar refractivity (Wildman–Crippen MR) is 117 cm³/mol. The molecule has 1 N–H and O–H groups in total. The molecule has 0 atom stereocenters. The van der Waals surface area contributed by atoms with Gasteiger partial charge in [0.2, 0.25) is 5.91 Å². The van der Waals surface area contributed by atoms with Crippen molar-refractivity contribution >= 4 is 23.3 Å². The van der Waals surface area contributed by atoms with Crippen molar-refractivity contribution in [3.05, 3.63) is 23.8 Å². The molecule has 1 aromatic rings. The Labute approximate surface area is 174 Å². The van der Waals surface area contributed by atoms with Gasteiger partial charge in [0.25, 0.3) is 0 Å². The summed E-state index contributed by atoms with van der Waals surface area (Å²) >= 11 is 0. The molecule has 160 valence electrons. The van der Waals surface area contributed by atoms with Gasteiger partial charge in [0.1, 0.15) is 5.60 Å². The van der Waals surface area contributed by atoms with Crippen LogP contribution in [0, 0.1) is 0 Å². The van der Waals surface area contributed by atoms with Crippen molar-refractivity contribution in [1.29, 1.82) is 0 Å². The quantitative estimate of drug-likeness (QED) is 0.771. The second kappa shape index (κ2) is 9.06. The van der Waals surface area contributed by atoms with E-state index in [0.717, 1.165) is 50.4 Å². The zero-order valence-electron chi connectivity index (χ0n) is 18.3. The Kier molecular flexibility index (Phi) is 6.70. The number of likely N-dealkylation sites (tertiary alicyclic amines) is 1. The van der Waals surface area contributed by atoms with Gasteiger partial charge in [-0.3, -0.25) is 4.79 Å². The lowest BCUT2D eigenvalue weighted by Gasteiger charge is -2.33. The summed E-state index contributed by atoms with van der Waals surface area (Å²) in [6.45, 7) is 10.9. The number of hydrogen-bond donors (Lipinski definition) is 1. The van der Waals surface area contributed by atoms with Gasteiger partial charge >= 0.3 is 5.97 Å². The first kappa shape index (κ1) is 21.5. The number of amides is 1. The Bertz CT molecular complexity index is 727. The van der Waals surface area contributed by atoms with Gasteiger partial charge in [-0.2, -0.15) is 0 Å². The van der Waals surface area contributed by atoms with Crippen molar-refractivity contribution in [1.82, 2.24) is 4.90 Å². The number of rotatable bonds is 4. The average Bonchev–Trinajstić information content (AvgIpc) is 2.67. The molecule has 2 saturated heterocycles. The standard InChI is InChI=1S/C23H35N3O3/c1-17(27)25-12-8-19(9-13-25)24-20-14-18(22(28)29-23(2,3)4)15-21(16-20)26-10-6-5-7-11-26/h14-16,19,24H,5-13H2,1-4H3. The number of anilines is 2. The van der Waals surface area contributed by atoms with Crippen molar-refractivity contribution in [2.24, 2.45) is 0 Å². The second-order valence-electron chi connectivity index (χ2n) is 9.24. The molecule has 2 fully saturated rings. The van der Waals surface area contributed by atoms with E-state index in [1.165, 1.54) is 19.3 Å². The molecule has 0 spiro atoms. The maximum atomic E-state index is 12.7. The van der Waals surface area contributed by atoms with Gasteiger partial charge in [-0.1, -0.05) is 0 Å². The largest absolute Gasteiger partial charge is 0.456 e. The van der Waals surface area contributed by atoms with Gasteiger partial charge in [0, 0.05) is 50.5 Å². The van der Waals surface area contributed by atoms with E-state index in [9.17, 15) is 9.59 Å². The summed E-state index contributed by atoms with van der Waals surface area (Å²) in [6, 6.07) is 6.31. The highest BCUT2D eigenvalue weighted by Gasteiger charge is 2.23. The van der Waals surface area contributed by atoms with E-state index >= 15 is 0 Å². The molecular weight excluding hydrogens is 366 g/mol. The van der Waals surface area contributed by atoms with E-state index in [1.807, 2.05) is 37.8 Å². The normalized spacial score (nSPS) is 18.5. The monoisotopic (exact) mass is 401 g/mol. The van der Waals surface area contributed by atoms with Gasteiger partial charge in [-0.25, -0.2) is 4.79 Å². The van der Waals surface area contributed by atoms with Crippen molar-refractivity contribution in [2.75, 3.05) is 36.4 Å². The molecule has 2 aliphatic rings. The van der Waals surface area contributed by atoms with Crippen LogP contribution in [0.3, 0.4) is 0 Å². The van der Waals surface area contributed by atoms with Crippen molar-refractivity contribution in [2.45, 2.75) is 71.4 Å². The molecule has 1 aromatic carbocycles. The summed E-state index contributed by atoms with van der Waals surface area (Å²) in [6.07, 6.45) is 5.46. The first-order valence-electron chi connectivity index (χ1n) is 10.9. The lowest BCUT2D eigenvalue weighted by Crippen LogP contribution is -2.41. The van der Waals surface area contributed by atoms with E-state index < -0.39 is 5.60 Å². The van der Waals surface area contributed by atoms with Gasteiger partial charge in [-0.05, 0) is 71.1 Å². The molecule has 0 aliphatic carbocycles. The molecule has 0 aromatic heterocycles. The minimum absolute atomic E-state index is 0.141. The molecule has 0 unspecified atom stereocenters. The third-order valence-corrected chi connectivity index (χ3v) is 5.58. The summed E-state index contributed by atoms with van der Waals surface area (Å²) in [5.41, 5.74) is 2.10. The van der Waals surface area contributed by atoms with Crippen molar-refractivity contribution < 1.29 is 14.3 Å². The van der Waals surface area contributed by atoms with E-state index in [2.05, 4.69) is 16.3 Å². The molecule has 2 heterocycles. The van der Waals surface area contributed by atoms with E-state index in [0.29, 0.717) is 11.6 Å². The van der Waals surface area contributed by atoms with Gasteiger partial charge in [0.15, 0.2) is 0 Å². The average molecular weight is 402 g/mol. The number of hydrogen-bond acceptors (Lipinski definition) is 5. The maximum Gasteiger partial charge on any atom is 0.338 e. The summed E-state index contributed by atoms with van der Waals surface area (Å²) in [7, 11) is 0. The molecule has 2 aliphatic heterocycles. The fourth-order valence-electron chi connectivity index (χ4n) is 4.06. The lowest BCUT2D eigenvalue weighted by molar-refractivity contribution is -0.129. The zero-order valence-corrected chi connectivity index (χ0v) is 18.3. The predicted octanol–water partition coefficient (Wildman–Crippen LogP) is 4.06. The van der Waals surface area contributed by atoms with Crippen LogP contribution >= 0.6 is 0 Å². The molecule has 6 nitrogen and oxygen atoms in total. The molecule has 0 saturated carbocycles. The van der Waals surface area contributed by atoms with Crippen LogP contribution < -0.4 is 10.2 Å². The summed E-state index contributed by atoms with van der Waals surface area (Å²) in [5.74, 6) is -0.145. The number of carbonyl (C=O) groups is 2. The zero-order chi connectivity index (χ0) is 21.0. The minimum atomic E-state index is -0.522. The highest BCUT2D eigenvalue weighted by molar-refractivity contribution is 5.92. The first-order chi connectivity index (χ1) is 13.7. The molecule has 29 heavy (non-hydrogen) atoms. The molecule has 6 heteroatoms. The smallest absolute Gasteiger partial charge is 0.338 e. The van der Waals surface area contributed by atoms with Crippen LogP contribution in [0.4, 0.5) is 11.4 Å². The van der Waals surface area contributed by atoms with Gasteiger partial charge in [-0.15, -0.1) is 0 Å². The molecule has 0 radical (unpaired) electrons. The van der Waals surface area contributed by atoms with E-state index in [4.69, 9.17) is 4.74 Å². The number of ether oxygens (including phenoxy) is 1. The Balaban J connectivity index is 1.78. The Morgan fingerprint density at radius 2 is 1.66 bits per heavy atom. The number of benzene rings is 1. The lowest BCUT2D eigenvalue weighted by atomic mass is 10.0.